The number of nitrogens with one attached hydrogen (secondary N) is 2. The van der Waals surface area contributed by atoms with Crippen LogP contribution in [0, 0.1) is 0 Å². The van der Waals surface area contributed by atoms with Gasteiger partial charge in [-0.05, 0) is 36.8 Å². The van der Waals surface area contributed by atoms with E-state index in [1.165, 1.54) is 13.4 Å². The first-order valence-corrected chi connectivity index (χ1v) is 9.21. The molecule has 3 aromatic rings. The van der Waals surface area contributed by atoms with Crippen molar-refractivity contribution in [2.24, 2.45) is 0 Å². The van der Waals surface area contributed by atoms with Crippen molar-refractivity contribution < 1.29 is 19.4 Å². The number of rotatable bonds is 5. The second-order valence-corrected chi connectivity index (χ2v) is 6.71. The molecular weight excluding hydrogens is 386 g/mol. The Bertz CT molecular complexity index is 1120. The average molecular weight is 407 g/mol. The van der Waals surface area contributed by atoms with Gasteiger partial charge >= 0.3 is 0 Å². The number of phenolic OH excluding ortho intramolecular Hbond substituents is 1. The SMILES string of the molecule is COc1ccc(NC(=O)C2=C(C)Nc3ncnn3[C@H]2c2ccc(O)cc2)c(OC)c1. The highest BCUT2D eigenvalue weighted by molar-refractivity contribution is 6.06. The van der Waals surface area contributed by atoms with Crippen molar-refractivity contribution >= 4 is 17.5 Å². The molecule has 0 fully saturated rings. The van der Waals surface area contributed by atoms with E-state index in [2.05, 4.69) is 20.7 Å². The van der Waals surface area contributed by atoms with Crippen molar-refractivity contribution in [1.82, 2.24) is 14.8 Å². The van der Waals surface area contributed by atoms with Crippen LogP contribution in [0.15, 0.2) is 60.1 Å². The Morgan fingerprint density at radius 2 is 1.93 bits per heavy atom. The van der Waals surface area contributed by atoms with Crippen LogP contribution in [0.1, 0.15) is 18.5 Å². The van der Waals surface area contributed by atoms with E-state index < -0.39 is 6.04 Å². The molecule has 0 saturated heterocycles. The van der Waals surface area contributed by atoms with Crippen LogP contribution in [0.4, 0.5) is 11.6 Å². The van der Waals surface area contributed by atoms with Crippen LogP contribution in [0.2, 0.25) is 0 Å². The van der Waals surface area contributed by atoms with Gasteiger partial charge in [0.25, 0.3) is 5.91 Å². The Balaban J connectivity index is 1.74. The van der Waals surface area contributed by atoms with Crippen LogP contribution in [0.25, 0.3) is 0 Å². The first-order chi connectivity index (χ1) is 14.5. The molecule has 1 aromatic heterocycles. The molecule has 1 aliphatic rings. The molecule has 1 amide bonds. The monoisotopic (exact) mass is 407 g/mol. The van der Waals surface area contributed by atoms with E-state index in [4.69, 9.17) is 9.47 Å². The summed E-state index contributed by atoms with van der Waals surface area (Å²) < 4.78 is 12.2. The number of fused-ring (bicyclic) bond motifs is 1. The molecule has 0 saturated carbocycles. The lowest BCUT2D eigenvalue weighted by atomic mass is 9.95. The minimum absolute atomic E-state index is 0.140. The third kappa shape index (κ3) is 3.41. The molecule has 0 radical (unpaired) electrons. The van der Waals surface area contributed by atoms with Gasteiger partial charge in [0.2, 0.25) is 5.95 Å². The summed E-state index contributed by atoms with van der Waals surface area (Å²) in [5, 5.41) is 20.0. The lowest BCUT2D eigenvalue weighted by molar-refractivity contribution is -0.113. The number of carbonyl (C=O) groups excluding carboxylic acids is 1. The van der Waals surface area contributed by atoms with Gasteiger partial charge in [-0.3, -0.25) is 4.79 Å². The minimum Gasteiger partial charge on any atom is -0.508 e. The van der Waals surface area contributed by atoms with E-state index in [0.29, 0.717) is 34.4 Å². The molecule has 0 bridgehead atoms. The number of aromatic nitrogens is 3. The third-order valence-electron chi connectivity index (χ3n) is 4.90. The quantitative estimate of drug-likeness (QED) is 0.596. The number of aromatic hydroxyl groups is 1. The molecule has 9 heteroatoms. The van der Waals surface area contributed by atoms with Crippen LogP contribution < -0.4 is 20.1 Å². The van der Waals surface area contributed by atoms with Crippen LogP contribution in [0.5, 0.6) is 17.2 Å². The topological polar surface area (TPSA) is 111 Å². The molecule has 154 valence electrons. The van der Waals surface area contributed by atoms with Gasteiger partial charge in [0.1, 0.15) is 29.6 Å². The van der Waals surface area contributed by atoms with E-state index in [1.54, 1.807) is 54.3 Å². The first kappa shape index (κ1) is 19.3. The second kappa shape index (κ2) is 7.78. The lowest BCUT2D eigenvalue weighted by Crippen LogP contribution is -2.31. The van der Waals surface area contributed by atoms with E-state index >= 15 is 0 Å². The fraction of sp³-hybridized carbons (Fsp3) is 0.190. The number of hydrogen-bond donors (Lipinski definition) is 3. The van der Waals surface area contributed by atoms with Crippen LogP contribution in [-0.4, -0.2) is 40.0 Å². The summed E-state index contributed by atoms with van der Waals surface area (Å²) >= 11 is 0. The van der Waals surface area contributed by atoms with E-state index in [1.807, 2.05) is 6.92 Å². The Labute approximate surface area is 173 Å². The summed E-state index contributed by atoms with van der Waals surface area (Å²) in [6.45, 7) is 1.81. The Morgan fingerprint density at radius 3 is 2.63 bits per heavy atom. The Hall–Kier alpha value is -4.01. The number of methoxy groups -OCH3 is 2. The molecular formula is C21H21N5O4. The van der Waals surface area contributed by atoms with Gasteiger partial charge in [-0.2, -0.15) is 10.1 Å². The summed E-state index contributed by atoms with van der Waals surface area (Å²) in [5.74, 6) is 1.45. The van der Waals surface area contributed by atoms with Gasteiger partial charge in [0.15, 0.2) is 0 Å². The zero-order valence-corrected chi connectivity index (χ0v) is 16.7. The molecule has 30 heavy (non-hydrogen) atoms. The highest BCUT2D eigenvalue weighted by Crippen LogP contribution is 2.37. The van der Waals surface area contributed by atoms with E-state index in [-0.39, 0.29) is 11.7 Å². The van der Waals surface area contributed by atoms with Crippen LogP contribution in [-0.2, 0) is 4.79 Å². The summed E-state index contributed by atoms with van der Waals surface area (Å²) in [5.41, 5.74) is 2.42. The maximum atomic E-state index is 13.4. The molecule has 1 aliphatic heterocycles. The maximum absolute atomic E-state index is 13.4. The second-order valence-electron chi connectivity index (χ2n) is 6.71. The Kier molecular flexibility index (Phi) is 5.01. The largest absolute Gasteiger partial charge is 0.508 e. The van der Waals surface area contributed by atoms with Gasteiger partial charge in [-0.1, -0.05) is 12.1 Å². The number of benzene rings is 2. The number of amides is 1. The molecule has 3 N–H and O–H groups in total. The number of nitrogens with zero attached hydrogens (tertiary/aromatic N) is 3. The van der Waals surface area contributed by atoms with Gasteiger partial charge < -0.3 is 25.2 Å². The predicted molar refractivity (Wildman–Crippen MR) is 111 cm³/mol. The summed E-state index contributed by atoms with van der Waals surface area (Å²) in [6, 6.07) is 11.3. The summed E-state index contributed by atoms with van der Waals surface area (Å²) in [7, 11) is 3.09. The van der Waals surface area contributed by atoms with Gasteiger partial charge in [0.05, 0.1) is 25.5 Å². The average Bonchev–Trinajstić information content (AvgIpc) is 3.21. The number of anilines is 2. The zero-order chi connectivity index (χ0) is 21.3. The van der Waals surface area contributed by atoms with Crippen molar-refractivity contribution in [2.45, 2.75) is 13.0 Å². The molecule has 0 unspecified atom stereocenters. The van der Waals surface area contributed by atoms with Crippen LogP contribution in [0.3, 0.4) is 0 Å². The number of ether oxygens (including phenoxy) is 2. The minimum atomic E-state index is -0.520. The highest BCUT2D eigenvalue weighted by atomic mass is 16.5. The van der Waals surface area contributed by atoms with Crippen LogP contribution >= 0.6 is 0 Å². The normalized spacial score (nSPS) is 15.2. The summed E-state index contributed by atoms with van der Waals surface area (Å²) in [6.07, 6.45) is 1.43. The van der Waals surface area contributed by atoms with Crippen molar-refractivity contribution in [3.8, 4) is 17.2 Å². The molecule has 2 aromatic carbocycles. The van der Waals surface area contributed by atoms with Crippen molar-refractivity contribution in [2.75, 3.05) is 24.9 Å². The van der Waals surface area contributed by atoms with Crippen molar-refractivity contribution in [3.05, 3.63) is 65.6 Å². The highest BCUT2D eigenvalue weighted by Gasteiger charge is 2.33. The first-order valence-electron chi connectivity index (χ1n) is 9.21. The fourth-order valence-electron chi connectivity index (χ4n) is 3.44. The standard InChI is InChI=1S/C21H21N5O4/c1-12-18(20(28)25-16-9-8-15(29-2)10-17(16)30-3)19(13-4-6-14(27)7-5-13)26-21(24-12)22-11-23-26/h4-11,19,27H,1-3H3,(H,25,28)(H,22,23,24)/t19-/m0/s1. The summed E-state index contributed by atoms with van der Waals surface area (Å²) in [4.78, 5) is 17.6. The van der Waals surface area contributed by atoms with Gasteiger partial charge in [-0.15, -0.1) is 0 Å². The number of hydrogen-bond acceptors (Lipinski definition) is 7. The molecule has 4 rings (SSSR count). The Morgan fingerprint density at radius 1 is 1.17 bits per heavy atom. The number of allylic oxidation sites excluding steroid dienone is 1. The molecule has 2 heterocycles. The molecule has 1 atom stereocenters. The number of phenols is 1. The van der Waals surface area contributed by atoms with E-state index in [0.717, 1.165) is 5.56 Å². The maximum Gasteiger partial charge on any atom is 0.255 e. The fourth-order valence-corrected chi connectivity index (χ4v) is 3.44. The van der Waals surface area contributed by atoms with Crippen molar-refractivity contribution in [1.29, 1.82) is 0 Å². The smallest absolute Gasteiger partial charge is 0.255 e. The predicted octanol–water partition coefficient (Wildman–Crippen LogP) is 2.93. The van der Waals surface area contributed by atoms with Crippen molar-refractivity contribution in [3.63, 3.8) is 0 Å². The zero-order valence-electron chi connectivity index (χ0n) is 16.7. The van der Waals surface area contributed by atoms with E-state index in [9.17, 15) is 9.90 Å². The van der Waals surface area contributed by atoms with Gasteiger partial charge in [0, 0.05) is 11.8 Å². The lowest BCUT2D eigenvalue weighted by Gasteiger charge is -2.29. The molecule has 0 aliphatic carbocycles. The molecule has 9 nitrogen and oxygen atoms in total. The third-order valence-corrected chi connectivity index (χ3v) is 4.90. The van der Waals surface area contributed by atoms with Gasteiger partial charge in [-0.25, -0.2) is 4.68 Å². The number of carbonyl (C=O) groups is 1. The molecule has 0 spiro atoms.